The third-order valence-corrected chi connectivity index (χ3v) is 1.96. The summed E-state index contributed by atoms with van der Waals surface area (Å²) in [6.07, 6.45) is 3.63. The van der Waals surface area contributed by atoms with Crippen molar-refractivity contribution in [1.82, 2.24) is 6.15 Å². The van der Waals surface area contributed by atoms with Crippen molar-refractivity contribution in [2.45, 2.75) is 25.6 Å². The van der Waals surface area contributed by atoms with E-state index in [4.69, 9.17) is 9.47 Å². The quantitative estimate of drug-likeness (QED) is 0.633. The zero-order chi connectivity index (χ0) is 7.23. The van der Waals surface area contributed by atoms with Crippen LogP contribution < -0.4 is 6.15 Å². The fourth-order valence-corrected chi connectivity index (χ4v) is 1.27. The maximum atomic E-state index is 5.40. The van der Waals surface area contributed by atoms with E-state index in [1.54, 1.807) is 0 Å². The van der Waals surface area contributed by atoms with Gasteiger partial charge in [-0.15, -0.1) is 0 Å². The molecule has 1 saturated heterocycles. The SMILES string of the molecule is ICCOC1CCCCO1.N. The predicted molar refractivity (Wildman–Crippen MR) is 53.5 cm³/mol. The lowest BCUT2D eigenvalue weighted by Crippen LogP contribution is -2.22. The van der Waals surface area contributed by atoms with E-state index in [0.717, 1.165) is 24.1 Å². The summed E-state index contributed by atoms with van der Waals surface area (Å²) < 4.78 is 11.8. The molecule has 0 aromatic rings. The monoisotopic (exact) mass is 273 g/mol. The first-order chi connectivity index (χ1) is 4.93. The number of halogens is 1. The molecule has 0 aromatic heterocycles. The van der Waals surface area contributed by atoms with E-state index in [9.17, 15) is 0 Å². The molecule has 1 fully saturated rings. The summed E-state index contributed by atoms with van der Waals surface area (Å²) >= 11 is 2.30. The summed E-state index contributed by atoms with van der Waals surface area (Å²) in [5.74, 6) is 0. The minimum Gasteiger partial charge on any atom is -0.353 e. The van der Waals surface area contributed by atoms with Crippen LogP contribution in [0.5, 0.6) is 0 Å². The van der Waals surface area contributed by atoms with E-state index in [1.165, 1.54) is 12.8 Å². The van der Waals surface area contributed by atoms with E-state index in [1.807, 2.05) is 0 Å². The third kappa shape index (κ3) is 4.95. The van der Waals surface area contributed by atoms with E-state index < -0.39 is 0 Å². The van der Waals surface area contributed by atoms with Gasteiger partial charge >= 0.3 is 0 Å². The molecule has 4 heteroatoms. The van der Waals surface area contributed by atoms with Gasteiger partial charge in [-0.2, -0.15) is 0 Å². The fourth-order valence-electron chi connectivity index (χ4n) is 1.02. The van der Waals surface area contributed by atoms with Crippen LogP contribution in [-0.2, 0) is 9.47 Å². The van der Waals surface area contributed by atoms with E-state index in [0.29, 0.717) is 0 Å². The van der Waals surface area contributed by atoms with Crippen LogP contribution in [0.25, 0.3) is 0 Å². The van der Waals surface area contributed by atoms with Gasteiger partial charge in [-0.3, -0.25) is 0 Å². The molecule has 3 nitrogen and oxygen atoms in total. The smallest absolute Gasteiger partial charge is 0.157 e. The molecule has 1 atom stereocenters. The van der Waals surface area contributed by atoms with Crippen LogP contribution in [0.3, 0.4) is 0 Å². The molecule has 1 aliphatic rings. The molecule has 1 unspecified atom stereocenters. The van der Waals surface area contributed by atoms with Gasteiger partial charge in [0.1, 0.15) is 0 Å². The minimum absolute atomic E-state index is 0. The Kier molecular flexibility index (Phi) is 7.67. The molecule has 1 heterocycles. The van der Waals surface area contributed by atoms with Crippen molar-refractivity contribution in [3.05, 3.63) is 0 Å². The summed E-state index contributed by atoms with van der Waals surface area (Å²) in [5, 5.41) is 0. The number of ether oxygens (including phenoxy) is 2. The van der Waals surface area contributed by atoms with Crippen molar-refractivity contribution >= 4 is 22.6 Å². The van der Waals surface area contributed by atoms with Gasteiger partial charge in [0.2, 0.25) is 0 Å². The summed E-state index contributed by atoms with van der Waals surface area (Å²) in [6, 6.07) is 0. The highest BCUT2D eigenvalue weighted by Gasteiger charge is 2.12. The first-order valence-electron chi connectivity index (χ1n) is 3.72. The summed E-state index contributed by atoms with van der Waals surface area (Å²) in [7, 11) is 0. The second kappa shape index (κ2) is 7.27. The maximum Gasteiger partial charge on any atom is 0.157 e. The van der Waals surface area contributed by atoms with Crippen LogP contribution in [0.4, 0.5) is 0 Å². The third-order valence-electron chi connectivity index (χ3n) is 1.52. The van der Waals surface area contributed by atoms with Gasteiger partial charge in [-0.25, -0.2) is 0 Å². The largest absolute Gasteiger partial charge is 0.353 e. The number of hydrogen-bond donors (Lipinski definition) is 1. The van der Waals surface area contributed by atoms with Crippen molar-refractivity contribution in [3.63, 3.8) is 0 Å². The van der Waals surface area contributed by atoms with Crippen LogP contribution in [-0.4, -0.2) is 23.9 Å². The first kappa shape index (κ1) is 11.6. The lowest BCUT2D eigenvalue weighted by Gasteiger charge is -2.22. The zero-order valence-corrected chi connectivity index (χ0v) is 8.88. The van der Waals surface area contributed by atoms with Gasteiger partial charge in [0, 0.05) is 11.0 Å². The Morgan fingerprint density at radius 2 is 2.27 bits per heavy atom. The van der Waals surface area contributed by atoms with Gasteiger partial charge in [0.15, 0.2) is 6.29 Å². The summed E-state index contributed by atoms with van der Waals surface area (Å²) in [5.41, 5.74) is 0. The average molecular weight is 273 g/mol. The van der Waals surface area contributed by atoms with Crippen molar-refractivity contribution in [3.8, 4) is 0 Å². The molecule has 68 valence electrons. The normalized spacial score (nSPS) is 24.3. The number of alkyl halides is 1. The van der Waals surface area contributed by atoms with Crippen molar-refractivity contribution in [2.24, 2.45) is 0 Å². The highest BCUT2D eigenvalue weighted by Crippen LogP contribution is 2.13. The van der Waals surface area contributed by atoms with Crippen molar-refractivity contribution < 1.29 is 9.47 Å². The van der Waals surface area contributed by atoms with Crippen molar-refractivity contribution in [1.29, 1.82) is 0 Å². The maximum absolute atomic E-state index is 5.40. The molecule has 0 aliphatic carbocycles. The average Bonchev–Trinajstić information content (AvgIpc) is 2.03. The van der Waals surface area contributed by atoms with Gasteiger partial charge in [0.05, 0.1) is 6.61 Å². The van der Waals surface area contributed by atoms with E-state index in [2.05, 4.69) is 22.6 Å². The van der Waals surface area contributed by atoms with Gasteiger partial charge in [-0.1, -0.05) is 22.6 Å². The Morgan fingerprint density at radius 1 is 1.45 bits per heavy atom. The Morgan fingerprint density at radius 3 is 2.82 bits per heavy atom. The van der Waals surface area contributed by atoms with Gasteiger partial charge < -0.3 is 15.6 Å². The number of hydrogen-bond acceptors (Lipinski definition) is 3. The lowest BCUT2D eigenvalue weighted by molar-refractivity contribution is -0.158. The van der Waals surface area contributed by atoms with Crippen LogP contribution in [0.1, 0.15) is 19.3 Å². The Bertz CT molecular complexity index is 86.5. The van der Waals surface area contributed by atoms with E-state index in [-0.39, 0.29) is 12.4 Å². The van der Waals surface area contributed by atoms with Crippen molar-refractivity contribution in [2.75, 3.05) is 17.6 Å². The molecular weight excluding hydrogens is 257 g/mol. The van der Waals surface area contributed by atoms with Crippen LogP contribution in [0.15, 0.2) is 0 Å². The molecule has 1 rings (SSSR count). The molecule has 0 aromatic carbocycles. The molecule has 0 radical (unpaired) electrons. The Hall–Kier alpha value is 0.610. The molecule has 0 saturated carbocycles. The topological polar surface area (TPSA) is 53.5 Å². The molecule has 0 bridgehead atoms. The molecule has 11 heavy (non-hydrogen) atoms. The highest BCUT2D eigenvalue weighted by molar-refractivity contribution is 14.1. The fraction of sp³-hybridized carbons (Fsp3) is 1.00. The standard InChI is InChI=1S/C7H13IO2.H3N/c8-4-6-10-7-3-1-2-5-9-7;/h7H,1-6H2;1H3. The van der Waals surface area contributed by atoms with Crippen LogP contribution in [0, 0.1) is 0 Å². The molecule has 3 N–H and O–H groups in total. The highest BCUT2D eigenvalue weighted by atomic mass is 127. The van der Waals surface area contributed by atoms with Crippen LogP contribution in [0.2, 0.25) is 0 Å². The second-order valence-electron chi connectivity index (χ2n) is 2.36. The van der Waals surface area contributed by atoms with E-state index >= 15 is 0 Å². The van der Waals surface area contributed by atoms with Crippen LogP contribution >= 0.6 is 22.6 Å². The molecule has 0 amide bonds. The molecule has 0 spiro atoms. The minimum atomic E-state index is 0. The Labute approximate surface area is 81.5 Å². The molecular formula is C7H16INO2. The predicted octanol–water partition coefficient (Wildman–Crippen LogP) is 2.13. The second-order valence-corrected chi connectivity index (χ2v) is 3.43. The first-order valence-corrected chi connectivity index (χ1v) is 5.25. The van der Waals surface area contributed by atoms with Gasteiger partial charge in [-0.05, 0) is 19.3 Å². The summed E-state index contributed by atoms with van der Waals surface area (Å²) in [4.78, 5) is 0. The molecule has 1 aliphatic heterocycles. The number of rotatable bonds is 3. The zero-order valence-electron chi connectivity index (χ0n) is 6.72. The Balaban J connectivity index is 0.000001000. The summed E-state index contributed by atoms with van der Waals surface area (Å²) in [6.45, 7) is 1.71. The van der Waals surface area contributed by atoms with Gasteiger partial charge in [0.25, 0.3) is 0 Å². The lowest BCUT2D eigenvalue weighted by atomic mass is 10.2.